The smallest absolute Gasteiger partial charge is 0.411 e. The van der Waals surface area contributed by atoms with E-state index >= 15 is 0 Å². The van der Waals surface area contributed by atoms with Crippen LogP contribution >= 0.6 is 0 Å². The molecular formula is C20H26N2O6. The van der Waals surface area contributed by atoms with Crippen molar-refractivity contribution in [3.8, 4) is 0 Å². The summed E-state index contributed by atoms with van der Waals surface area (Å²) in [5.74, 6) is -1.17. The lowest BCUT2D eigenvalue weighted by molar-refractivity contribution is -0.142. The summed E-state index contributed by atoms with van der Waals surface area (Å²) in [5.41, 5.74) is 0.201. The topological polar surface area (TPSA) is 96.4 Å². The molecular weight excluding hydrogens is 364 g/mol. The van der Waals surface area contributed by atoms with Crippen molar-refractivity contribution in [2.24, 2.45) is 5.92 Å². The number of likely N-dealkylation sites (tertiary alicyclic amines) is 2. The van der Waals surface area contributed by atoms with Gasteiger partial charge in [-0.3, -0.25) is 4.90 Å². The first-order valence-electron chi connectivity index (χ1n) is 9.35. The minimum atomic E-state index is -1.06. The number of amides is 2. The SMILES string of the molecule is CC(C)(C)OC(=O)N1C[C@@H]2C[C@@H](C(=O)O)N(C(=O)OCc3ccccc3)[C@@H]2C1. The van der Waals surface area contributed by atoms with Gasteiger partial charge < -0.3 is 19.5 Å². The molecule has 8 nitrogen and oxygen atoms in total. The molecule has 1 aromatic carbocycles. The van der Waals surface area contributed by atoms with Crippen LogP contribution < -0.4 is 0 Å². The lowest BCUT2D eigenvalue weighted by Gasteiger charge is -2.29. The van der Waals surface area contributed by atoms with E-state index in [0.717, 1.165) is 5.56 Å². The monoisotopic (exact) mass is 390 g/mol. The maximum Gasteiger partial charge on any atom is 0.411 e. The quantitative estimate of drug-likeness (QED) is 0.852. The van der Waals surface area contributed by atoms with Crippen LogP contribution in [0.1, 0.15) is 32.8 Å². The summed E-state index contributed by atoms with van der Waals surface area (Å²) in [5, 5.41) is 9.55. The van der Waals surface area contributed by atoms with Gasteiger partial charge in [-0.25, -0.2) is 14.4 Å². The lowest BCUT2D eigenvalue weighted by atomic mass is 10.0. The van der Waals surface area contributed by atoms with Gasteiger partial charge in [0.15, 0.2) is 0 Å². The maximum absolute atomic E-state index is 12.7. The van der Waals surface area contributed by atoms with E-state index < -0.39 is 35.8 Å². The summed E-state index contributed by atoms with van der Waals surface area (Å²) >= 11 is 0. The third-order valence-corrected chi connectivity index (χ3v) is 4.98. The van der Waals surface area contributed by atoms with Crippen LogP contribution in [0.15, 0.2) is 30.3 Å². The van der Waals surface area contributed by atoms with Gasteiger partial charge in [0, 0.05) is 19.0 Å². The number of carboxylic acids is 1. The van der Waals surface area contributed by atoms with Crippen molar-refractivity contribution in [2.45, 2.75) is 51.5 Å². The number of carbonyl (C=O) groups excluding carboxylic acids is 2. The molecule has 0 aromatic heterocycles. The molecule has 0 unspecified atom stereocenters. The Kier molecular flexibility index (Phi) is 5.49. The molecule has 0 saturated carbocycles. The van der Waals surface area contributed by atoms with E-state index in [9.17, 15) is 19.5 Å². The number of aliphatic carboxylic acids is 1. The number of rotatable bonds is 3. The average molecular weight is 390 g/mol. The number of hydrogen-bond donors (Lipinski definition) is 1. The highest BCUT2D eigenvalue weighted by Crippen LogP contribution is 2.37. The first-order chi connectivity index (χ1) is 13.2. The van der Waals surface area contributed by atoms with Crippen LogP contribution in [0.25, 0.3) is 0 Å². The zero-order chi connectivity index (χ0) is 20.5. The van der Waals surface area contributed by atoms with E-state index in [1.807, 2.05) is 30.3 Å². The van der Waals surface area contributed by atoms with Gasteiger partial charge in [-0.1, -0.05) is 30.3 Å². The molecule has 0 radical (unpaired) electrons. The standard InChI is InChI=1S/C20H26N2O6/c1-20(2,3)28-18(25)21-10-14-9-15(17(23)24)22(16(14)11-21)19(26)27-12-13-7-5-4-6-8-13/h4-8,14-16H,9-12H2,1-3H3,(H,23,24)/t14-,15-,16+/m0/s1. The van der Waals surface area contributed by atoms with Gasteiger partial charge >= 0.3 is 18.2 Å². The number of carboxylic acid groups (broad SMARTS) is 1. The molecule has 8 heteroatoms. The van der Waals surface area contributed by atoms with Crippen LogP contribution in [0, 0.1) is 5.92 Å². The van der Waals surface area contributed by atoms with Gasteiger partial charge in [-0.15, -0.1) is 0 Å². The zero-order valence-electron chi connectivity index (χ0n) is 16.3. The first-order valence-corrected chi connectivity index (χ1v) is 9.35. The van der Waals surface area contributed by atoms with Crippen molar-refractivity contribution in [2.75, 3.05) is 13.1 Å². The second kappa shape index (κ2) is 7.69. The molecule has 1 aromatic rings. The highest BCUT2D eigenvalue weighted by atomic mass is 16.6. The molecule has 2 fully saturated rings. The van der Waals surface area contributed by atoms with Crippen molar-refractivity contribution in [3.05, 3.63) is 35.9 Å². The van der Waals surface area contributed by atoms with Gasteiger partial charge in [0.1, 0.15) is 18.2 Å². The average Bonchev–Trinajstić information content (AvgIpc) is 3.17. The van der Waals surface area contributed by atoms with E-state index in [4.69, 9.17) is 9.47 Å². The first kappa shape index (κ1) is 20.0. The van der Waals surface area contributed by atoms with Crippen LogP contribution in [0.2, 0.25) is 0 Å². The Balaban J connectivity index is 1.68. The summed E-state index contributed by atoms with van der Waals surface area (Å²) in [6.07, 6.45) is -0.833. The van der Waals surface area contributed by atoms with Crippen molar-refractivity contribution in [3.63, 3.8) is 0 Å². The number of hydrogen-bond acceptors (Lipinski definition) is 5. The Bertz CT molecular complexity index is 745. The molecule has 0 spiro atoms. The summed E-state index contributed by atoms with van der Waals surface area (Å²) in [6, 6.07) is 7.86. The van der Waals surface area contributed by atoms with Crippen molar-refractivity contribution in [1.82, 2.24) is 9.80 Å². The van der Waals surface area contributed by atoms with Crippen LogP contribution in [-0.4, -0.2) is 63.8 Å². The second-order valence-electron chi connectivity index (χ2n) is 8.25. The molecule has 3 rings (SSSR count). The third-order valence-electron chi connectivity index (χ3n) is 4.98. The molecule has 2 saturated heterocycles. The van der Waals surface area contributed by atoms with Crippen molar-refractivity contribution >= 4 is 18.2 Å². The number of nitrogens with zero attached hydrogens (tertiary/aromatic N) is 2. The van der Waals surface area contributed by atoms with E-state index in [1.165, 1.54) is 9.80 Å². The fraction of sp³-hybridized carbons (Fsp3) is 0.550. The molecule has 0 aliphatic carbocycles. The molecule has 2 amide bonds. The molecule has 2 aliphatic heterocycles. The predicted octanol–water partition coefficient (Wildman–Crippen LogP) is 2.72. The van der Waals surface area contributed by atoms with Crippen molar-refractivity contribution < 1.29 is 29.0 Å². The molecule has 2 heterocycles. The minimum Gasteiger partial charge on any atom is -0.480 e. The Hall–Kier alpha value is -2.77. The molecule has 1 N–H and O–H groups in total. The largest absolute Gasteiger partial charge is 0.480 e. The molecule has 0 bridgehead atoms. The van der Waals surface area contributed by atoms with Gasteiger partial charge in [0.05, 0.1) is 6.04 Å². The Morgan fingerprint density at radius 1 is 1.11 bits per heavy atom. The molecule has 28 heavy (non-hydrogen) atoms. The van der Waals surface area contributed by atoms with E-state index in [2.05, 4.69) is 0 Å². The minimum absolute atomic E-state index is 0.0652. The Morgan fingerprint density at radius 2 is 1.79 bits per heavy atom. The highest BCUT2D eigenvalue weighted by Gasteiger charge is 2.53. The predicted molar refractivity (Wildman–Crippen MR) is 99.6 cm³/mol. The second-order valence-corrected chi connectivity index (χ2v) is 8.25. The van der Waals surface area contributed by atoms with E-state index in [-0.39, 0.29) is 19.1 Å². The zero-order valence-corrected chi connectivity index (χ0v) is 16.3. The molecule has 2 aliphatic rings. The number of benzene rings is 1. The number of carbonyl (C=O) groups is 3. The molecule has 3 atom stereocenters. The van der Waals surface area contributed by atoms with Crippen LogP contribution in [0.4, 0.5) is 9.59 Å². The van der Waals surface area contributed by atoms with Crippen molar-refractivity contribution in [1.29, 1.82) is 0 Å². The maximum atomic E-state index is 12.7. The van der Waals surface area contributed by atoms with E-state index in [1.54, 1.807) is 20.8 Å². The van der Waals surface area contributed by atoms with Gasteiger partial charge in [0.2, 0.25) is 0 Å². The third kappa shape index (κ3) is 4.37. The van der Waals surface area contributed by atoms with Gasteiger partial charge in [-0.05, 0) is 32.8 Å². The fourth-order valence-corrected chi connectivity index (χ4v) is 3.78. The highest BCUT2D eigenvalue weighted by molar-refractivity contribution is 5.81. The van der Waals surface area contributed by atoms with Crippen LogP contribution in [0.3, 0.4) is 0 Å². The van der Waals surface area contributed by atoms with Crippen LogP contribution in [-0.2, 0) is 20.9 Å². The number of ether oxygens (including phenoxy) is 2. The van der Waals surface area contributed by atoms with Gasteiger partial charge in [0.25, 0.3) is 0 Å². The Morgan fingerprint density at radius 3 is 2.39 bits per heavy atom. The fourth-order valence-electron chi connectivity index (χ4n) is 3.78. The lowest BCUT2D eigenvalue weighted by Crippen LogP contribution is -2.48. The summed E-state index contributed by atoms with van der Waals surface area (Å²) in [4.78, 5) is 39.5. The number of fused-ring (bicyclic) bond motifs is 1. The summed E-state index contributed by atoms with van der Waals surface area (Å²) in [7, 11) is 0. The van der Waals surface area contributed by atoms with Crippen LogP contribution in [0.5, 0.6) is 0 Å². The van der Waals surface area contributed by atoms with E-state index in [0.29, 0.717) is 13.0 Å². The molecule has 152 valence electrons. The Labute approximate surface area is 164 Å². The summed E-state index contributed by atoms with van der Waals surface area (Å²) < 4.78 is 10.8. The normalized spacial score (nSPS) is 24.0. The van der Waals surface area contributed by atoms with Gasteiger partial charge in [-0.2, -0.15) is 0 Å². The summed E-state index contributed by atoms with van der Waals surface area (Å²) in [6.45, 7) is 6.03.